The predicted octanol–water partition coefficient (Wildman–Crippen LogP) is 1.93. The molecular weight excluding hydrogens is 470 g/mol. The van der Waals surface area contributed by atoms with Crippen LogP contribution >= 0.6 is 7.26 Å². The molecule has 0 atom stereocenters. The van der Waals surface area contributed by atoms with E-state index in [4.69, 9.17) is 0 Å². The summed E-state index contributed by atoms with van der Waals surface area (Å²) in [6.07, 6.45) is 0. The van der Waals surface area contributed by atoms with Crippen molar-refractivity contribution in [2.24, 2.45) is 0 Å². The van der Waals surface area contributed by atoms with Crippen LogP contribution in [0, 0.1) is 13.8 Å². The Balaban J connectivity index is 0.00000225. The fourth-order valence-electron chi connectivity index (χ4n) is 4.02. The molecule has 0 fully saturated rings. The molecule has 0 aliphatic rings. The maximum Gasteiger partial charge on any atom is 0.144 e. The molecule has 0 saturated heterocycles. The second-order valence-corrected chi connectivity index (χ2v) is 10.3. The third-order valence-corrected chi connectivity index (χ3v) is 9.84. The minimum absolute atomic E-state index is 0. The molecule has 0 aliphatic carbocycles. The van der Waals surface area contributed by atoms with Gasteiger partial charge in [-0.3, -0.25) is 0 Å². The van der Waals surface area contributed by atoms with Gasteiger partial charge in [-0.25, -0.2) is 0 Å². The van der Waals surface area contributed by atoms with Gasteiger partial charge in [0, 0.05) is 0 Å². The summed E-state index contributed by atoms with van der Waals surface area (Å²) in [5.41, 5.74) is 2.70. The van der Waals surface area contributed by atoms with Crippen LogP contribution in [0.3, 0.4) is 0 Å². The Morgan fingerprint density at radius 1 is 0.429 bits per heavy atom. The molecule has 0 aromatic heterocycles. The Bertz CT molecular complexity index is 955. The average molecular weight is 494 g/mol. The van der Waals surface area contributed by atoms with Crippen LogP contribution in [0.1, 0.15) is 11.1 Å². The molecule has 4 rings (SSSR count). The first-order valence-electron chi connectivity index (χ1n) is 9.37. The quantitative estimate of drug-likeness (QED) is 0.301. The van der Waals surface area contributed by atoms with Crippen molar-refractivity contribution >= 4 is 28.5 Å². The molecule has 0 bridgehead atoms. The van der Waals surface area contributed by atoms with E-state index in [9.17, 15) is 0 Å². The minimum Gasteiger partial charge on any atom is -1.00 e. The molecule has 4 aromatic rings. The smallest absolute Gasteiger partial charge is 0.144 e. The first-order valence-corrected chi connectivity index (χ1v) is 11.2. The highest BCUT2D eigenvalue weighted by molar-refractivity contribution is 8.01. The van der Waals surface area contributed by atoms with Crippen LogP contribution < -0.4 is 45.2 Å². The summed E-state index contributed by atoms with van der Waals surface area (Å²) in [6.45, 7) is 4.49. The summed E-state index contributed by atoms with van der Waals surface area (Å²) >= 11 is 0. The van der Waals surface area contributed by atoms with E-state index in [0.717, 1.165) is 0 Å². The van der Waals surface area contributed by atoms with Crippen LogP contribution in [0.15, 0.2) is 109 Å². The average Bonchev–Trinajstić information content (AvgIpc) is 2.73. The van der Waals surface area contributed by atoms with Crippen LogP contribution in [0.5, 0.6) is 0 Å². The molecule has 2 heteroatoms. The first kappa shape index (κ1) is 20.8. The van der Waals surface area contributed by atoms with Crippen molar-refractivity contribution in [2.75, 3.05) is 0 Å². The molecule has 0 saturated carbocycles. The number of hydrogen-bond acceptors (Lipinski definition) is 0. The standard InChI is InChI=1S/C26H24P.HI/c1-21-13-9-11-19-25(21)27(23-15-5-3-6-16-23,24-17-7-4-8-18-24)26-20-12-10-14-22(26)2;/h3-20H,1-2H3;1H/q+1;/p-1. The largest absolute Gasteiger partial charge is 1.00 e. The molecule has 0 heterocycles. The molecule has 0 unspecified atom stereocenters. The van der Waals surface area contributed by atoms with Gasteiger partial charge in [-0.05, 0) is 61.4 Å². The van der Waals surface area contributed by atoms with Gasteiger partial charge in [-0.1, -0.05) is 72.8 Å². The molecular formula is C26H24IP. The van der Waals surface area contributed by atoms with E-state index in [-0.39, 0.29) is 24.0 Å². The normalized spacial score (nSPS) is 10.9. The highest BCUT2D eigenvalue weighted by Crippen LogP contribution is 2.55. The molecule has 4 aromatic carbocycles. The Kier molecular flexibility index (Phi) is 6.69. The molecule has 0 N–H and O–H groups in total. The number of aryl methyl sites for hydroxylation is 2. The lowest BCUT2D eigenvalue weighted by Crippen LogP contribution is -3.00. The molecule has 0 amide bonds. The van der Waals surface area contributed by atoms with Crippen LogP contribution in [0.2, 0.25) is 0 Å². The lowest BCUT2D eigenvalue weighted by Gasteiger charge is -2.29. The summed E-state index contributed by atoms with van der Waals surface area (Å²) in [5, 5.41) is 5.69. The highest BCUT2D eigenvalue weighted by Gasteiger charge is 2.49. The first-order chi connectivity index (χ1) is 13.2. The van der Waals surface area contributed by atoms with Gasteiger partial charge in [0.25, 0.3) is 0 Å². The fraction of sp³-hybridized carbons (Fsp3) is 0.0769. The van der Waals surface area contributed by atoms with Gasteiger partial charge in [0.05, 0.1) is 0 Å². The Hall–Kier alpha value is -1.96. The topological polar surface area (TPSA) is 0 Å². The number of rotatable bonds is 4. The van der Waals surface area contributed by atoms with E-state index >= 15 is 0 Å². The zero-order chi connectivity index (χ0) is 18.7. The van der Waals surface area contributed by atoms with Gasteiger partial charge >= 0.3 is 0 Å². The van der Waals surface area contributed by atoms with Crippen LogP contribution in [-0.4, -0.2) is 0 Å². The lowest BCUT2D eigenvalue weighted by molar-refractivity contribution is -0.00000530. The maximum atomic E-state index is 2.33. The second-order valence-electron chi connectivity index (χ2n) is 6.91. The van der Waals surface area contributed by atoms with Crippen molar-refractivity contribution < 1.29 is 24.0 Å². The zero-order valence-electron chi connectivity index (χ0n) is 16.2. The number of halogens is 1. The van der Waals surface area contributed by atoms with Gasteiger partial charge < -0.3 is 24.0 Å². The van der Waals surface area contributed by atoms with E-state index in [2.05, 4.69) is 123 Å². The third kappa shape index (κ3) is 3.54. The SMILES string of the molecule is Cc1ccccc1[P+](c1ccccc1)(c1ccccc1)c1ccccc1C.[I-]. The van der Waals surface area contributed by atoms with E-state index in [1.54, 1.807) is 0 Å². The van der Waals surface area contributed by atoms with Gasteiger partial charge in [0.2, 0.25) is 0 Å². The Morgan fingerprint density at radius 3 is 1.11 bits per heavy atom. The van der Waals surface area contributed by atoms with E-state index in [1.807, 2.05) is 0 Å². The van der Waals surface area contributed by atoms with Crippen molar-refractivity contribution in [1.29, 1.82) is 0 Å². The summed E-state index contributed by atoms with van der Waals surface area (Å²) in [5.74, 6) is 0. The molecule has 0 radical (unpaired) electrons. The number of hydrogen-bond donors (Lipinski definition) is 0. The molecule has 0 aliphatic heterocycles. The lowest BCUT2D eigenvalue weighted by atomic mass is 10.2. The van der Waals surface area contributed by atoms with E-state index in [1.165, 1.54) is 32.3 Å². The predicted molar refractivity (Wildman–Crippen MR) is 121 cm³/mol. The van der Waals surface area contributed by atoms with Crippen molar-refractivity contribution in [3.63, 3.8) is 0 Å². The molecule has 0 nitrogen and oxygen atoms in total. The van der Waals surface area contributed by atoms with Gasteiger partial charge in [0.15, 0.2) is 0 Å². The summed E-state index contributed by atoms with van der Waals surface area (Å²) in [4.78, 5) is 0. The van der Waals surface area contributed by atoms with E-state index in [0.29, 0.717) is 0 Å². The Morgan fingerprint density at radius 2 is 0.750 bits per heavy atom. The molecule has 0 spiro atoms. The van der Waals surface area contributed by atoms with Gasteiger partial charge in [-0.2, -0.15) is 0 Å². The minimum atomic E-state index is -1.98. The zero-order valence-corrected chi connectivity index (χ0v) is 19.3. The Labute approximate surface area is 186 Å². The third-order valence-electron chi connectivity index (χ3n) is 5.24. The van der Waals surface area contributed by atoms with Gasteiger partial charge in [-0.15, -0.1) is 0 Å². The summed E-state index contributed by atoms with van der Waals surface area (Å²) in [7, 11) is -1.98. The van der Waals surface area contributed by atoms with Crippen LogP contribution in [0.25, 0.3) is 0 Å². The molecule has 28 heavy (non-hydrogen) atoms. The van der Waals surface area contributed by atoms with Crippen molar-refractivity contribution in [1.82, 2.24) is 0 Å². The van der Waals surface area contributed by atoms with Gasteiger partial charge in [0.1, 0.15) is 28.5 Å². The highest BCUT2D eigenvalue weighted by atomic mass is 127. The van der Waals surface area contributed by atoms with Crippen LogP contribution in [-0.2, 0) is 0 Å². The summed E-state index contributed by atoms with van der Waals surface area (Å²) < 4.78 is 0. The van der Waals surface area contributed by atoms with Crippen molar-refractivity contribution in [2.45, 2.75) is 13.8 Å². The maximum absolute atomic E-state index is 2.33. The van der Waals surface area contributed by atoms with Crippen molar-refractivity contribution in [3.8, 4) is 0 Å². The number of benzene rings is 4. The fourth-order valence-corrected chi connectivity index (χ4v) is 8.75. The monoisotopic (exact) mass is 494 g/mol. The second kappa shape index (κ2) is 9.03. The van der Waals surface area contributed by atoms with Crippen LogP contribution in [0.4, 0.5) is 0 Å². The summed E-state index contributed by atoms with van der Waals surface area (Å²) in [6, 6.07) is 39.9. The molecule has 140 valence electrons. The van der Waals surface area contributed by atoms with E-state index < -0.39 is 7.26 Å². The van der Waals surface area contributed by atoms with Crippen molar-refractivity contribution in [3.05, 3.63) is 120 Å².